The standard InChI is InChI=1S/C17H14F3NO3/c18-17(19,20)13-3-1-2-11(8-13)10-21-16(22)12-4-5-14-15(9-12)24-7-6-23-14/h1-5,8-9H,6-7,10H2,(H,21,22). The van der Waals surface area contributed by atoms with Crippen molar-refractivity contribution in [3.63, 3.8) is 0 Å². The van der Waals surface area contributed by atoms with Gasteiger partial charge < -0.3 is 14.8 Å². The number of halogens is 3. The van der Waals surface area contributed by atoms with Gasteiger partial charge in [-0.25, -0.2) is 0 Å². The Kier molecular flexibility index (Phi) is 4.33. The summed E-state index contributed by atoms with van der Waals surface area (Å²) in [7, 11) is 0. The molecule has 0 saturated heterocycles. The molecule has 0 aliphatic carbocycles. The van der Waals surface area contributed by atoms with Crippen LogP contribution in [-0.2, 0) is 12.7 Å². The molecule has 0 saturated carbocycles. The first-order chi connectivity index (χ1) is 11.4. The number of amides is 1. The highest BCUT2D eigenvalue weighted by Crippen LogP contribution is 2.31. The molecule has 1 N–H and O–H groups in total. The molecule has 24 heavy (non-hydrogen) atoms. The zero-order valence-corrected chi connectivity index (χ0v) is 12.5. The third-order valence-electron chi connectivity index (χ3n) is 3.51. The fourth-order valence-corrected chi connectivity index (χ4v) is 2.33. The number of carbonyl (C=O) groups excluding carboxylic acids is 1. The molecule has 126 valence electrons. The Bertz CT molecular complexity index is 759. The van der Waals surface area contributed by atoms with Gasteiger partial charge in [0.2, 0.25) is 0 Å². The summed E-state index contributed by atoms with van der Waals surface area (Å²) in [6.45, 7) is 0.855. The number of hydrogen-bond donors (Lipinski definition) is 1. The largest absolute Gasteiger partial charge is 0.486 e. The molecule has 0 spiro atoms. The van der Waals surface area contributed by atoms with Crippen molar-refractivity contribution in [1.29, 1.82) is 0 Å². The quantitative estimate of drug-likeness (QED) is 0.934. The Morgan fingerprint density at radius 3 is 2.54 bits per heavy atom. The second-order valence-corrected chi connectivity index (χ2v) is 5.24. The molecule has 1 amide bonds. The number of ether oxygens (including phenoxy) is 2. The average Bonchev–Trinajstić information content (AvgIpc) is 2.59. The Morgan fingerprint density at radius 1 is 1.04 bits per heavy atom. The van der Waals surface area contributed by atoms with Crippen LogP contribution in [0.2, 0.25) is 0 Å². The highest BCUT2D eigenvalue weighted by atomic mass is 19.4. The lowest BCUT2D eigenvalue weighted by Gasteiger charge is -2.18. The molecule has 1 heterocycles. The van der Waals surface area contributed by atoms with Crippen molar-refractivity contribution in [1.82, 2.24) is 5.32 Å². The Morgan fingerprint density at radius 2 is 1.79 bits per heavy atom. The lowest BCUT2D eigenvalue weighted by atomic mass is 10.1. The van der Waals surface area contributed by atoms with E-state index >= 15 is 0 Å². The summed E-state index contributed by atoms with van der Waals surface area (Å²) in [4.78, 5) is 12.2. The third kappa shape index (κ3) is 3.61. The van der Waals surface area contributed by atoms with Crippen molar-refractivity contribution >= 4 is 5.91 Å². The monoisotopic (exact) mass is 337 g/mol. The second-order valence-electron chi connectivity index (χ2n) is 5.24. The van der Waals surface area contributed by atoms with Crippen molar-refractivity contribution in [2.24, 2.45) is 0 Å². The molecule has 7 heteroatoms. The van der Waals surface area contributed by atoms with E-state index in [4.69, 9.17) is 9.47 Å². The van der Waals surface area contributed by atoms with Crippen LogP contribution in [0.5, 0.6) is 11.5 Å². The molecular formula is C17H14F3NO3. The van der Waals surface area contributed by atoms with Crippen molar-refractivity contribution in [2.75, 3.05) is 13.2 Å². The number of rotatable bonds is 3. The molecule has 0 aromatic heterocycles. The summed E-state index contributed by atoms with van der Waals surface area (Å²) < 4.78 is 48.8. The highest BCUT2D eigenvalue weighted by molar-refractivity contribution is 5.94. The van der Waals surface area contributed by atoms with Crippen molar-refractivity contribution < 1.29 is 27.4 Å². The Balaban J connectivity index is 1.68. The lowest BCUT2D eigenvalue weighted by molar-refractivity contribution is -0.137. The predicted octanol–water partition coefficient (Wildman–Crippen LogP) is 3.41. The van der Waals surface area contributed by atoms with Crippen LogP contribution in [0.15, 0.2) is 42.5 Å². The van der Waals surface area contributed by atoms with Crippen LogP contribution in [-0.4, -0.2) is 19.1 Å². The zero-order valence-electron chi connectivity index (χ0n) is 12.5. The smallest absolute Gasteiger partial charge is 0.416 e. The molecule has 4 nitrogen and oxygen atoms in total. The summed E-state index contributed by atoms with van der Waals surface area (Å²) in [6.07, 6.45) is -4.41. The topological polar surface area (TPSA) is 47.6 Å². The first-order valence-corrected chi connectivity index (χ1v) is 7.27. The maximum Gasteiger partial charge on any atom is 0.416 e. The molecular weight excluding hydrogens is 323 g/mol. The van der Waals surface area contributed by atoms with Crippen LogP contribution >= 0.6 is 0 Å². The summed E-state index contributed by atoms with van der Waals surface area (Å²) in [5, 5.41) is 2.60. The number of fused-ring (bicyclic) bond motifs is 1. The Labute approximate surface area is 136 Å². The van der Waals surface area contributed by atoms with Gasteiger partial charge in [0.1, 0.15) is 13.2 Å². The predicted molar refractivity (Wildman–Crippen MR) is 80.0 cm³/mol. The first-order valence-electron chi connectivity index (χ1n) is 7.27. The molecule has 0 fully saturated rings. The van der Waals surface area contributed by atoms with Gasteiger partial charge in [0.15, 0.2) is 11.5 Å². The molecule has 0 atom stereocenters. The fraction of sp³-hybridized carbons (Fsp3) is 0.235. The van der Waals surface area contributed by atoms with E-state index in [1.165, 1.54) is 12.1 Å². The normalized spacial score (nSPS) is 13.5. The Hall–Kier alpha value is -2.70. The summed E-state index contributed by atoms with van der Waals surface area (Å²) in [5.41, 5.74) is -0.0180. The van der Waals surface area contributed by atoms with Gasteiger partial charge in [-0.1, -0.05) is 12.1 Å². The minimum absolute atomic E-state index is 0.00278. The molecule has 2 aromatic carbocycles. The molecule has 0 bridgehead atoms. The second kappa shape index (κ2) is 6.43. The molecule has 1 aliphatic rings. The molecule has 0 radical (unpaired) electrons. The van der Waals surface area contributed by atoms with Crippen molar-refractivity contribution in [2.45, 2.75) is 12.7 Å². The molecule has 0 unspecified atom stereocenters. The van der Waals surface area contributed by atoms with E-state index in [2.05, 4.69) is 5.32 Å². The van der Waals surface area contributed by atoms with Gasteiger partial charge >= 0.3 is 6.18 Å². The van der Waals surface area contributed by atoms with Gasteiger partial charge in [-0.15, -0.1) is 0 Å². The average molecular weight is 337 g/mol. The molecule has 1 aliphatic heterocycles. The number of alkyl halides is 3. The minimum atomic E-state index is -4.41. The van der Waals surface area contributed by atoms with E-state index in [0.29, 0.717) is 35.8 Å². The lowest BCUT2D eigenvalue weighted by Crippen LogP contribution is -2.23. The van der Waals surface area contributed by atoms with Crippen LogP contribution in [0.3, 0.4) is 0 Å². The maximum atomic E-state index is 12.7. The van der Waals surface area contributed by atoms with Gasteiger partial charge in [-0.05, 0) is 35.9 Å². The minimum Gasteiger partial charge on any atom is -0.486 e. The summed E-state index contributed by atoms with van der Waals surface area (Å²) in [5.74, 6) is 0.646. The van der Waals surface area contributed by atoms with Gasteiger partial charge in [-0.3, -0.25) is 4.79 Å². The van der Waals surface area contributed by atoms with Crippen molar-refractivity contribution in [3.8, 4) is 11.5 Å². The van der Waals surface area contributed by atoms with Gasteiger partial charge in [0.25, 0.3) is 5.91 Å². The maximum absolute atomic E-state index is 12.7. The fourth-order valence-electron chi connectivity index (χ4n) is 2.33. The van der Waals surface area contributed by atoms with E-state index in [1.54, 1.807) is 18.2 Å². The van der Waals surface area contributed by atoms with Crippen LogP contribution in [0, 0.1) is 0 Å². The van der Waals surface area contributed by atoms with Crippen molar-refractivity contribution in [3.05, 3.63) is 59.2 Å². The molecule has 2 aromatic rings. The van der Waals surface area contributed by atoms with E-state index in [9.17, 15) is 18.0 Å². The number of hydrogen-bond acceptors (Lipinski definition) is 3. The van der Waals surface area contributed by atoms with Crippen LogP contribution in [0.4, 0.5) is 13.2 Å². The van der Waals surface area contributed by atoms with E-state index in [1.807, 2.05) is 0 Å². The number of nitrogens with one attached hydrogen (secondary N) is 1. The zero-order chi connectivity index (χ0) is 17.2. The summed E-state index contributed by atoms with van der Waals surface area (Å²) >= 11 is 0. The van der Waals surface area contributed by atoms with Gasteiger partial charge in [0.05, 0.1) is 5.56 Å². The van der Waals surface area contributed by atoms with Crippen LogP contribution < -0.4 is 14.8 Å². The van der Waals surface area contributed by atoms with E-state index in [0.717, 1.165) is 12.1 Å². The first kappa shape index (κ1) is 16.2. The third-order valence-corrected chi connectivity index (χ3v) is 3.51. The van der Waals surface area contributed by atoms with Gasteiger partial charge in [-0.2, -0.15) is 13.2 Å². The van der Waals surface area contributed by atoms with Gasteiger partial charge in [0, 0.05) is 12.1 Å². The van der Waals surface area contributed by atoms with Crippen LogP contribution in [0.25, 0.3) is 0 Å². The van der Waals surface area contributed by atoms with Crippen LogP contribution in [0.1, 0.15) is 21.5 Å². The number of benzene rings is 2. The highest BCUT2D eigenvalue weighted by Gasteiger charge is 2.30. The van der Waals surface area contributed by atoms with E-state index < -0.39 is 17.6 Å². The SMILES string of the molecule is O=C(NCc1cccc(C(F)(F)F)c1)c1ccc2c(c1)OCCO2. The molecule has 3 rings (SSSR count). The van der Waals surface area contributed by atoms with E-state index in [-0.39, 0.29) is 6.54 Å². The number of carbonyl (C=O) groups is 1. The summed E-state index contributed by atoms with van der Waals surface area (Å²) in [6, 6.07) is 9.61.